The second kappa shape index (κ2) is 9.00. The fraction of sp³-hybridized carbons (Fsp3) is 0.278. The Balaban J connectivity index is 1.89. The van der Waals surface area contributed by atoms with Gasteiger partial charge in [-0.05, 0) is 25.1 Å². The Hall–Kier alpha value is -2.27. The van der Waals surface area contributed by atoms with Crippen LogP contribution in [0.1, 0.15) is 15.3 Å². The maximum Gasteiger partial charge on any atom is 0.191 e. The van der Waals surface area contributed by atoms with Crippen LogP contribution in [-0.2, 0) is 13.1 Å². The maximum absolute atomic E-state index is 5.67. The number of nitrogens with one attached hydrogen (secondary N) is 2. The summed E-state index contributed by atoms with van der Waals surface area (Å²) in [5, 5.41) is 6.64. The minimum Gasteiger partial charge on any atom is -0.489 e. The highest BCUT2D eigenvalue weighted by Crippen LogP contribution is 2.17. The summed E-state index contributed by atoms with van der Waals surface area (Å²) < 4.78 is 5.67. The Morgan fingerprint density at radius 1 is 1.22 bits per heavy atom. The first-order valence-electron chi connectivity index (χ1n) is 7.54. The average Bonchev–Trinajstić information content (AvgIpc) is 2.99. The molecule has 0 fully saturated rings. The molecule has 0 aliphatic heterocycles. The van der Waals surface area contributed by atoms with Gasteiger partial charge in [0.05, 0.1) is 6.54 Å². The third-order valence-corrected chi connectivity index (χ3v) is 4.23. The SMILES string of the molecule is C=CCOc1ccccc1CNC(=NC)NCc1ccc(C)s1. The van der Waals surface area contributed by atoms with Crippen molar-refractivity contribution in [1.29, 1.82) is 0 Å². The van der Waals surface area contributed by atoms with Crippen LogP contribution in [0.2, 0.25) is 0 Å². The predicted molar refractivity (Wildman–Crippen MR) is 98.2 cm³/mol. The van der Waals surface area contributed by atoms with E-state index in [-0.39, 0.29) is 0 Å². The number of thiophene rings is 1. The first-order chi connectivity index (χ1) is 11.2. The Morgan fingerprint density at radius 2 is 2.00 bits per heavy atom. The third-order valence-electron chi connectivity index (χ3n) is 3.23. The molecular weight excluding hydrogens is 306 g/mol. The molecule has 0 saturated carbocycles. The van der Waals surface area contributed by atoms with Gasteiger partial charge in [-0.25, -0.2) is 0 Å². The summed E-state index contributed by atoms with van der Waals surface area (Å²) in [6.07, 6.45) is 1.74. The van der Waals surface area contributed by atoms with Gasteiger partial charge in [-0.3, -0.25) is 4.99 Å². The molecule has 1 aromatic heterocycles. The molecule has 1 heterocycles. The fourth-order valence-corrected chi connectivity index (χ4v) is 2.92. The van der Waals surface area contributed by atoms with Gasteiger partial charge in [-0.15, -0.1) is 11.3 Å². The van der Waals surface area contributed by atoms with E-state index in [1.54, 1.807) is 24.5 Å². The largest absolute Gasteiger partial charge is 0.489 e. The van der Waals surface area contributed by atoms with Crippen molar-refractivity contribution in [2.45, 2.75) is 20.0 Å². The van der Waals surface area contributed by atoms with E-state index in [0.29, 0.717) is 13.2 Å². The highest BCUT2D eigenvalue weighted by Gasteiger charge is 2.04. The Labute approximate surface area is 141 Å². The predicted octanol–water partition coefficient (Wildman–Crippen LogP) is 3.49. The quantitative estimate of drug-likeness (QED) is 0.464. The monoisotopic (exact) mass is 329 g/mol. The lowest BCUT2D eigenvalue weighted by atomic mass is 10.2. The number of hydrogen-bond acceptors (Lipinski definition) is 3. The smallest absolute Gasteiger partial charge is 0.191 e. The number of aliphatic imine (C=N–C) groups is 1. The van der Waals surface area contributed by atoms with Crippen molar-refractivity contribution in [3.8, 4) is 5.75 Å². The van der Waals surface area contributed by atoms with Gasteiger partial charge in [-0.1, -0.05) is 30.9 Å². The van der Waals surface area contributed by atoms with Crippen LogP contribution in [0, 0.1) is 6.92 Å². The molecule has 0 atom stereocenters. The van der Waals surface area contributed by atoms with Crippen LogP contribution in [0.15, 0.2) is 54.0 Å². The van der Waals surface area contributed by atoms with Crippen LogP contribution < -0.4 is 15.4 Å². The lowest BCUT2D eigenvalue weighted by Gasteiger charge is -2.14. The zero-order valence-electron chi connectivity index (χ0n) is 13.6. The molecule has 122 valence electrons. The zero-order chi connectivity index (χ0) is 16.5. The number of para-hydroxylation sites is 1. The van der Waals surface area contributed by atoms with Crippen LogP contribution in [0.25, 0.3) is 0 Å². The van der Waals surface area contributed by atoms with Gasteiger partial charge in [0.2, 0.25) is 0 Å². The van der Waals surface area contributed by atoms with Gasteiger partial charge in [-0.2, -0.15) is 0 Å². The van der Waals surface area contributed by atoms with Crippen molar-refractivity contribution in [2.75, 3.05) is 13.7 Å². The minimum atomic E-state index is 0.502. The standard InChI is InChI=1S/C18H23N3OS/c1-4-11-22-17-8-6-5-7-15(17)12-20-18(19-3)21-13-16-10-9-14(2)23-16/h4-10H,1,11-13H2,2-3H3,(H2,19,20,21). The first-order valence-corrected chi connectivity index (χ1v) is 8.36. The second-order valence-electron chi connectivity index (χ2n) is 5.00. The molecule has 1 aromatic carbocycles. The number of rotatable bonds is 7. The normalized spacial score (nSPS) is 11.1. The molecule has 0 amide bonds. The molecule has 2 N–H and O–H groups in total. The molecule has 0 spiro atoms. The zero-order valence-corrected chi connectivity index (χ0v) is 14.5. The summed E-state index contributed by atoms with van der Waals surface area (Å²) in [7, 11) is 1.77. The van der Waals surface area contributed by atoms with Crippen LogP contribution in [0.4, 0.5) is 0 Å². The average molecular weight is 329 g/mol. The molecule has 0 unspecified atom stereocenters. The second-order valence-corrected chi connectivity index (χ2v) is 6.37. The van der Waals surface area contributed by atoms with E-state index in [9.17, 15) is 0 Å². The van der Waals surface area contributed by atoms with Crippen LogP contribution in [0.3, 0.4) is 0 Å². The third kappa shape index (κ3) is 5.45. The Morgan fingerprint density at radius 3 is 2.70 bits per heavy atom. The Kier molecular flexibility index (Phi) is 6.69. The van der Waals surface area contributed by atoms with Gasteiger partial charge in [0.15, 0.2) is 5.96 Å². The molecule has 2 aromatic rings. The molecule has 4 nitrogen and oxygen atoms in total. The highest BCUT2D eigenvalue weighted by molar-refractivity contribution is 7.11. The summed E-state index contributed by atoms with van der Waals surface area (Å²) in [6, 6.07) is 12.2. The van der Waals surface area contributed by atoms with E-state index in [0.717, 1.165) is 23.8 Å². The van der Waals surface area contributed by atoms with E-state index in [4.69, 9.17) is 4.74 Å². The van der Waals surface area contributed by atoms with E-state index in [1.165, 1.54) is 9.75 Å². The number of guanidine groups is 1. The number of nitrogens with zero attached hydrogens (tertiary/aromatic N) is 1. The van der Waals surface area contributed by atoms with Crippen molar-refractivity contribution < 1.29 is 4.74 Å². The van der Waals surface area contributed by atoms with Crippen LogP contribution in [0.5, 0.6) is 5.75 Å². The van der Waals surface area contributed by atoms with Crippen molar-refractivity contribution in [1.82, 2.24) is 10.6 Å². The van der Waals surface area contributed by atoms with Crippen molar-refractivity contribution in [3.63, 3.8) is 0 Å². The summed E-state index contributed by atoms with van der Waals surface area (Å²) in [5.41, 5.74) is 1.09. The molecule has 0 bridgehead atoms. The van der Waals surface area contributed by atoms with Gasteiger partial charge in [0.1, 0.15) is 12.4 Å². The van der Waals surface area contributed by atoms with Gasteiger partial charge >= 0.3 is 0 Å². The molecule has 0 radical (unpaired) electrons. The van der Waals surface area contributed by atoms with Gasteiger partial charge in [0, 0.05) is 28.9 Å². The number of aryl methyl sites for hydroxylation is 1. The summed E-state index contributed by atoms with van der Waals surface area (Å²) >= 11 is 1.79. The summed E-state index contributed by atoms with van der Waals surface area (Å²) in [6.45, 7) is 7.71. The maximum atomic E-state index is 5.67. The lowest BCUT2D eigenvalue weighted by Crippen LogP contribution is -2.36. The molecule has 2 rings (SSSR count). The Bertz CT molecular complexity index is 664. The van der Waals surface area contributed by atoms with Crippen LogP contribution in [-0.4, -0.2) is 19.6 Å². The van der Waals surface area contributed by atoms with E-state index < -0.39 is 0 Å². The number of hydrogen-bond donors (Lipinski definition) is 2. The minimum absolute atomic E-state index is 0.502. The van der Waals surface area contributed by atoms with Crippen molar-refractivity contribution in [2.24, 2.45) is 4.99 Å². The first kappa shape index (κ1) is 17.1. The molecule has 0 aliphatic rings. The van der Waals surface area contributed by atoms with E-state index >= 15 is 0 Å². The molecular formula is C18H23N3OS. The lowest BCUT2D eigenvalue weighted by molar-refractivity contribution is 0.358. The highest BCUT2D eigenvalue weighted by atomic mass is 32.1. The van der Waals surface area contributed by atoms with Gasteiger partial charge in [0.25, 0.3) is 0 Å². The fourth-order valence-electron chi connectivity index (χ4n) is 2.09. The summed E-state index contributed by atoms with van der Waals surface area (Å²) in [5.74, 6) is 1.64. The number of benzene rings is 1. The van der Waals surface area contributed by atoms with Crippen molar-refractivity contribution >= 4 is 17.3 Å². The number of ether oxygens (including phenoxy) is 1. The molecule has 23 heavy (non-hydrogen) atoms. The topological polar surface area (TPSA) is 45.6 Å². The molecule has 0 saturated heterocycles. The van der Waals surface area contributed by atoms with Gasteiger partial charge < -0.3 is 15.4 Å². The van der Waals surface area contributed by atoms with Crippen LogP contribution >= 0.6 is 11.3 Å². The van der Waals surface area contributed by atoms with Crippen molar-refractivity contribution in [3.05, 3.63) is 64.4 Å². The van der Waals surface area contributed by atoms with E-state index in [2.05, 4.69) is 41.3 Å². The van der Waals surface area contributed by atoms with E-state index in [1.807, 2.05) is 24.3 Å². The summed E-state index contributed by atoms with van der Waals surface area (Å²) in [4.78, 5) is 6.87. The molecule has 5 heteroatoms. The molecule has 0 aliphatic carbocycles.